The lowest BCUT2D eigenvalue weighted by atomic mass is 10.2. The first kappa shape index (κ1) is 13.1. The van der Waals surface area contributed by atoms with Gasteiger partial charge in [0.05, 0.1) is 0 Å². The molecule has 0 spiro atoms. The largest absolute Gasteiger partial charge is 0.457 e. The van der Waals surface area contributed by atoms with Crippen LogP contribution in [0, 0.1) is 5.82 Å². The molecule has 19 heavy (non-hydrogen) atoms. The highest BCUT2D eigenvalue weighted by molar-refractivity contribution is 5.72. The summed E-state index contributed by atoms with van der Waals surface area (Å²) < 4.78 is 18.3. The van der Waals surface area contributed by atoms with Gasteiger partial charge in [-0.2, -0.15) is 0 Å². The molecule has 2 aromatic rings. The molecule has 0 saturated carbocycles. The molecule has 0 saturated heterocycles. The van der Waals surface area contributed by atoms with E-state index in [9.17, 15) is 9.18 Å². The zero-order valence-electron chi connectivity index (χ0n) is 10.5. The van der Waals surface area contributed by atoms with E-state index in [1.165, 1.54) is 19.1 Å². The third-order valence-corrected chi connectivity index (χ3v) is 2.51. The number of carbonyl (C=O) groups excluding carboxylic acids is 1. The number of halogens is 1. The lowest BCUT2D eigenvalue weighted by Crippen LogP contribution is -2.18. The van der Waals surface area contributed by atoms with Crippen LogP contribution in [0.2, 0.25) is 0 Å². The van der Waals surface area contributed by atoms with Crippen LogP contribution in [0.25, 0.3) is 0 Å². The molecule has 1 N–H and O–H groups in total. The van der Waals surface area contributed by atoms with Crippen LogP contribution < -0.4 is 10.1 Å². The van der Waals surface area contributed by atoms with Gasteiger partial charge in [0.1, 0.15) is 17.3 Å². The molecule has 3 nitrogen and oxygen atoms in total. The Kier molecular flexibility index (Phi) is 4.13. The number of rotatable bonds is 4. The molecule has 0 aliphatic heterocycles. The van der Waals surface area contributed by atoms with Crippen LogP contribution in [-0.2, 0) is 11.3 Å². The van der Waals surface area contributed by atoms with Crippen molar-refractivity contribution < 1.29 is 13.9 Å². The number of ether oxygens (including phenoxy) is 1. The fourth-order valence-electron chi connectivity index (χ4n) is 1.54. The molecule has 4 heteroatoms. The van der Waals surface area contributed by atoms with Gasteiger partial charge in [0.15, 0.2) is 0 Å². The van der Waals surface area contributed by atoms with Crippen LogP contribution >= 0.6 is 0 Å². The van der Waals surface area contributed by atoms with Crippen molar-refractivity contribution in [1.82, 2.24) is 5.32 Å². The first-order valence-electron chi connectivity index (χ1n) is 5.90. The Bertz CT molecular complexity index is 549. The first-order valence-corrected chi connectivity index (χ1v) is 5.90. The van der Waals surface area contributed by atoms with E-state index in [0.717, 1.165) is 5.56 Å². The van der Waals surface area contributed by atoms with Gasteiger partial charge in [-0.3, -0.25) is 4.79 Å². The molecule has 0 aliphatic rings. The maximum atomic E-state index is 12.7. The lowest BCUT2D eigenvalue weighted by Gasteiger charge is -2.07. The molecular weight excluding hydrogens is 245 g/mol. The van der Waals surface area contributed by atoms with E-state index in [-0.39, 0.29) is 11.7 Å². The van der Waals surface area contributed by atoms with Gasteiger partial charge in [-0.05, 0) is 42.0 Å². The fraction of sp³-hybridized carbons (Fsp3) is 0.133. The Hall–Kier alpha value is -2.36. The smallest absolute Gasteiger partial charge is 0.217 e. The Labute approximate surface area is 111 Å². The highest BCUT2D eigenvalue weighted by atomic mass is 19.1. The number of hydrogen-bond donors (Lipinski definition) is 1. The second kappa shape index (κ2) is 6.00. The maximum Gasteiger partial charge on any atom is 0.217 e. The Morgan fingerprint density at radius 2 is 1.58 bits per heavy atom. The first-order chi connectivity index (χ1) is 9.13. The third kappa shape index (κ3) is 4.10. The second-order valence-electron chi connectivity index (χ2n) is 4.11. The summed E-state index contributed by atoms with van der Waals surface area (Å²) in [5.41, 5.74) is 0.988. The van der Waals surface area contributed by atoms with Crippen molar-refractivity contribution in [3.8, 4) is 11.5 Å². The van der Waals surface area contributed by atoms with Crippen molar-refractivity contribution in [2.75, 3.05) is 0 Å². The summed E-state index contributed by atoms with van der Waals surface area (Å²) in [4.78, 5) is 10.8. The van der Waals surface area contributed by atoms with Crippen molar-refractivity contribution in [1.29, 1.82) is 0 Å². The van der Waals surface area contributed by atoms with E-state index in [1.54, 1.807) is 24.3 Å². The van der Waals surface area contributed by atoms with Gasteiger partial charge in [-0.1, -0.05) is 12.1 Å². The Morgan fingerprint density at radius 3 is 2.11 bits per heavy atom. The van der Waals surface area contributed by atoms with E-state index in [0.29, 0.717) is 18.0 Å². The SMILES string of the molecule is CC(=O)NCc1ccc(Oc2ccc(F)cc2)cc1. The van der Waals surface area contributed by atoms with Gasteiger partial charge in [-0.25, -0.2) is 4.39 Å². The van der Waals surface area contributed by atoms with E-state index in [2.05, 4.69) is 5.32 Å². The van der Waals surface area contributed by atoms with Crippen molar-refractivity contribution in [2.24, 2.45) is 0 Å². The summed E-state index contributed by atoms with van der Waals surface area (Å²) in [5, 5.41) is 2.72. The fourth-order valence-corrected chi connectivity index (χ4v) is 1.54. The third-order valence-electron chi connectivity index (χ3n) is 2.51. The molecule has 1 amide bonds. The minimum absolute atomic E-state index is 0.0633. The number of amides is 1. The van der Waals surface area contributed by atoms with Crippen molar-refractivity contribution in [3.05, 3.63) is 59.9 Å². The standard InChI is InChI=1S/C15H14FNO2/c1-11(18)17-10-12-2-6-14(7-3-12)19-15-8-4-13(16)5-9-15/h2-9H,10H2,1H3,(H,17,18). The molecule has 0 aliphatic carbocycles. The molecule has 0 radical (unpaired) electrons. The molecule has 0 unspecified atom stereocenters. The zero-order chi connectivity index (χ0) is 13.7. The van der Waals surface area contributed by atoms with Crippen LogP contribution in [0.1, 0.15) is 12.5 Å². The summed E-state index contributed by atoms with van der Waals surface area (Å²) in [5.74, 6) is 0.888. The molecule has 2 aromatic carbocycles. The van der Waals surface area contributed by atoms with Gasteiger partial charge >= 0.3 is 0 Å². The van der Waals surface area contributed by atoms with Crippen molar-refractivity contribution in [2.45, 2.75) is 13.5 Å². The van der Waals surface area contributed by atoms with Crippen LogP contribution in [0.3, 0.4) is 0 Å². The molecule has 2 rings (SSSR count). The van der Waals surface area contributed by atoms with Crippen LogP contribution in [0.4, 0.5) is 4.39 Å². The number of benzene rings is 2. The summed E-state index contributed by atoms with van der Waals surface area (Å²) in [7, 11) is 0. The molecule has 98 valence electrons. The van der Waals surface area contributed by atoms with Crippen molar-refractivity contribution >= 4 is 5.91 Å². The van der Waals surface area contributed by atoms with Crippen LogP contribution in [0.5, 0.6) is 11.5 Å². The molecule has 0 aromatic heterocycles. The molecular formula is C15H14FNO2. The Morgan fingerprint density at radius 1 is 1.05 bits per heavy atom. The van der Waals surface area contributed by atoms with Gasteiger partial charge in [-0.15, -0.1) is 0 Å². The average molecular weight is 259 g/mol. The molecule has 0 bridgehead atoms. The van der Waals surface area contributed by atoms with Gasteiger partial charge in [0.2, 0.25) is 5.91 Å². The Balaban J connectivity index is 1.98. The normalized spacial score (nSPS) is 10.0. The predicted molar refractivity (Wildman–Crippen MR) is 70.4 cm³/mol. The average Bonchev–Trinajstić information content (AvgIpc) is 2.40. The zero-order valence-corrected chi connectivity index (χ0v) is 10.5. The lowest BCUT2D eigenvalue weighted by molar-refractivity contribution is -0.119. The summed E-state index contributed by atoms with van der Waals surface area (Å²) in [6.45, 7) is 1.97. The van der Waals surface area contributed by atoms with E-state index in [1.807, 2.05) is 12.1 Å². The molecule has 0 fully saturated rings. The number of carbonyl (C=O) groups is 1. The second-order valence-corrected chi connectivity index (χ2v) is 4.11. The molecule has 0 atom stereocenters. The van der Waals surface area contributed by atoms with Crippen molar-refractivity contribution in [3.63, 3.8) is 0 Å². The highest BCUT2D eigenvalue weighted by Crippen LogP contribution is 2.21. The van der Waals surface area contributed by atoms with E-state index in [4.69, 9.17) is 4.74 Å². The van der Waals surface area contributed by atoms with Gasteiger partial charge < -0.3 is 10.1 Å². The topological polar surface area (TPSA) is 38.3 Å². The summed E-state index contributed by atoms with van der Waals surface area (Å²) in [6.07, 6.45) is 0. The molecule has 0 heterocycles. The number of nitrogens with one attached hydrogen (secondary N) is 1. The number of hydrogen-bond acceptors (Lipinski definition) is 2. The predicted octanol–water partition coefficient (Wildman–Crippen LogP) is 3.25. The maximum absolute atomic E-state index is 12.7. The summed E-state index contributed by atoms with van der Waals surface area (Å²) in [6, 6.07) is 13.2. The minimum atomic E-state index is -0.294. The highest BCUT2D eigenvalue weighted by Gasteiger charge is 1.99. The quantitative estimate of drug-likeness (QED) is 0.915. The van der Waals surface area contributed by atoms with Gasteiger partial charge in [0, 0.05) is 13.5 Å². The summed E-state index contributed by atoms with van der Waals surface area (Å²) >= 11 is 0. The van der Waals surface area contributed by atoms with Gasteiger partial charge in [0.25, 0.3) is 0 Å². The van der Waals surface area contributed by atoms with E-state index < -0.39 is 0 Å². The monoisotopic (exact) mass is 259 g/mol. The van der Waals surface area contributed by atoms with E-state index >= 15 is 0 Å². The van der Waals surface area contributed by atoms with Crippen LogP contribution in [0.15, 0.2) is 48.5 Å². The minimum Gasteiger partial charge on any atom is -0.457 e. The van der Waals surface area contributed by atoms with Crippen LogP contribution in [-0.4, -0.2) is 5.91 Å².